The number of quaternary nitrogens is 1. The van der Waals surface area contributed by atoms with Gasteiger partial charge < -0.3 is 16.0 Å². The summed E-state index contributed by atoms with van der Waals surface area (Å²) in [7, 11) is 0. The van der Waals surface area contributed by atoms with Crippen LogP contribution in [0.5, 0.6) is 0 Å². The highest BCUT2D eigenvalue weighted by molar-refractivity contribution is 6.25. The van der Waals surface area contributed by atoms with Gasteiger partial charge in [-0.25, -0.2) is 4.90 Å². The monoisotopic (exact) mass is 405 g/mol. The number of imide groups is 1. The minimum atomic E-state index is -1.14. The number of para-hydroxylation sites is 1. The Hall–Kier alpha value is -3.52. The number of fused-ring (bicyclic) bond motifs is 4. The maximum absolute atomic E-state index is 13.6. The molecule has 3 heterocycles. The van der Waals surface area contributed by atoms with Gasteiger partial charge in [0.2, 0.25) is 23.3 Å². The Bertz CT molecular complexity index is 1110. The zero-order valence-corrected chi connectivity index (χ0v) is 16.5. The Morgan fingerprint density at radius 3 is 2.47 bits per heavy atom. The van der Waals surface area contributed by atoms with Crippen molar-refractivity contribution in [1.82, 2.24) is 0 Å². The van der Waals surface area contributed by atoms with E-state index in [-0.39, 0.29) is 29.7 Å². The molecule has 2 saturated heterocycles. The van der Waals surface area contributed by atoms with Crippen molar-refractivity contribution < 1.29 is 24.5 Å². The molecule has 2 fully saturated rings. The summed E-state index contributed by atoms with van der Waals surface area (Å²) >= 11 is 0. The van der Waals surface area contributed by atoms with Gasteiger partial charge in [0.15, 0.2) is 0 Å². The van der Waals surface area contributed by atoms with Crippen LogP contribution in [0, 0.1) is 11.8 Å². The molecule has 0 unspecified atom stereocenters. The molecule has 2 aromatic carbocycles. The largest absolute Gasteiger partial charge is 0.326 e. The lowest BCUT2D eigenvalue weighted by atomic mass is 9.76. The van der Waals surface area contributed by atoms with E-state index in [0.29, 0.717) is 17.1 Å². The van der Waals surface area contributed by atoms with Crippen LogP contribution in [0.3, 0.4) is 0 Å². The average molecular weight is 405 g/mol. The van der Waals surface area contributed by atoms with Crippen LogP contribution in [0.2, 0.25) is 0 Å². The standard InChI is InChI=1S/C22H20N4O4/c1-11-17-18(22(25-11)15-5-3-4-6-16(15)24-21(22)30)20(29)26(19(17)28)14-9-7-13(8-10-14)23-12(2)27/h3-11,17-18,25H,1-2H3,(H,23,27)(H,24,30)/p+1/t11-,17-,18-,22-/m0/s1. The van der Waals surface area contributed by atoms with Gasteiger partial charge in [-0.2, -0.15) is 0 Å². The quantitative estimate of drug-likeness (QED) is 0.634. The average Bonchev–Trinajstić information content (AvgIpc) is 3.27. The predicted octanol–water partition coefficient (Wildman–Crippen LogP) is 0.564. The molecular formula is C22H21N4O4+. The molecule has 4 atom stereocenters. The predicted molar refractivity (Wildman–Crippen MR) is 108 cm³/mol. The normalized spacial score (nSPS) is 29.2. The lowest BCUT2D eigenvalue weighted by molar-refractivity contribution is -0.730. The fourth-order valence-electron chi connectivity index (χ4n) is 5.25. The number of anilines is 3. The molecule has 5 rings (SSSR count). The van der Waals surface area contributed by atoms with E-state index in [9.17, 15) is 19.2 Å². The molecule has 8 heteroatoms. The molecule has 30 heavy (non-hydrogen) atoms. The molecule has 1 spiro atoms. The third-order valence-corrected chi connectivity index (χ3v) is 6.38. The second kappa shape index (κ2) is 6.24. The summed E-state index contributed by atoms with van der Waals surface area (Å²) < 4.78 is 0. The fraction of sp³-hybridized carbons (Fsp3) is 0.273. The van der Waals surface area contributed by atoms with Crippen LogP contribution in [0.25, 0.3) is 0 Å². The molecule has 0 aromatic heterocycles. The number of nitrogens with one attached hydrogen (secondary N) is 2. The first kappa shape index (κ1) is 18.5. The van der Waals surface area contributed by atoms with E-state index < -0.39 is 17.4 Å². The molecule has 0 radical (unpaired) electrons. The second-order valence-electron chi connectivity index (χ2n) is 8.14. The Morgan fingerprint density at radius 2 is 1.77 bits per heavy atom. The lowest BCUT2D eigenvalue weighted by Gasteiger charge is -2.25. The highest BCUT2D eigenvalue weighted by Gasteiger charge is 2.73. The van der Waals surface area contributed by atoms with Crippen molar-refractivity contribution in [3.8, 4) is 0 Å². The molecule has 2 aromatic rings. The van der Waals surface area contributed by atoms with Crippen molar-refractivity contribution in [2.24, 2.45) is 11.8 Å². The zero-order chi connectivity index (χ0) is 21.2. The summed E-state index contributed by atoms with van der Waals surface area (Å²) in [5, 5.41) is 7.42. The number of rotatable bonds is 2. The molecular weight excluding hydrogens is 384 g/mol. The Morgan fingerprint density at radius 1 is 1.07 bits per heavy atom. The van der Waals surface area contributed by atoms with Crippen LogP contribution in [0.1, 0.15) is 19.4 Å². The van der Waals surface area contributed by atoms with Crippen molar-refractivity contribution in [3.05, 3.63) is 54.1 Å². The summed E-state index contributed by atoms with van der Waals surface area (Å²) in [5.41, 5.74) is 1.30. The van der Waals surface area contributed by atoms with E-state index in [1.165, 1.54) is 11.8 Å². The minimum absolute atomic E-state index is 0.206. The highest BCUT2D eigenvalue weighted by atomic mass is 16.2. The summed E-state index contributed by atoms with van der Waals surface area (Å²) in [6, 6.07) is 13.7. The smallest absolute Gasteiger partial charge is 0.291 e. The molecule has 3 aliphatic heterocycles. The summed E-state index contributed by atoms with van der Waals surface area (Å²) in [6.07, 6.45) is 0. The van der Waals surface area contributed by atoms with E-state index in [0.717, 1.165) is 5.56 Å². The van der Waals surface area contributed by atoms with Gasteiger partial charge in [0.25, 0.3) is 5.91 Å². The van der Waals surface area contributed by atoms with Gasteiger partial charge >= 0.3 is 0 Å². The van der Waals surface area contributed by atoms with Gasteiger partial charge in [0.1, 0.15) is 11.8 Å². The minimum Gasteiger partial charge on any atom is -0.326 e. The van der Waals surface area contributed by atoms with Crippen LogP contribution in [0.4, 0.5) is 17.1 Å². The molecule has 4 N–H and O–H groups in total. The van der Waals surface area contributed by atoms with Crippen molar-refractivity contribution in [2.75, 3.05) is 15.5 Å². The van der Waals surface area contributed by atoms with E-state index in [4.69, 9.17) is 0 Å². The summed E-state index contributed by atoms with van der Waals surface area (Å²) in [6.45, 7) is 3.29. The van der Waals surface area contributed by atoms with Crippen LogP contribution >= 0.6 is 0 Å². The number of nitrogens with two attached hydrogens (primary N) is 1. The van der Waals surface area contributed by atoms with Gasteiger partial charge in [-0.1, -0.05) is 18.2 Å². The van der Waals surface area contributed by atoms with Gasteiger partial charge in [0, 0.05) is 18.2 Å². The van der Waals surface area contributed by atoms with Crippen molar-refractivity contribution in [1.29, 1.82) is 0 Å². The Balaban J connectivity index is 1.56. The third-order valence-electron chi connectivity index (χ3n) is 6.38. The van der Waals surface area contributed by atoms with E-state index in [1.54, 1.807) is 24.3 Å². The molecule has 0 bridgehead atoms. The molecule has 152 valence electrons. The number of hydrogen-bond acceptors (Lipinski definition) is 4. The van der Waals surface area contributed by atoms with Crippen LogP contribution in [0.15, 0.2) is 48.5 Å². The topological polar surface area (TPSA) is 112 Å². The first-order valence-corrected chi connectivity index (χ1v) is 9.87. The van der Waals surface area contributed by atoms with E-state index in [2.05, 4.69) is 10.6 Å². The van der Waals surface area contributed by atoms with Gasteiger partial charge in [-0.3, -0.25) is 19.2 Å². The highest BCUT2D eigenvalue weighted by Crippen LogP contribution is 2.49. The van der Waals surface area contributed by atoms with E-state index in [1.807, 2.05) is 36.5 Å². The summed E-state index contributed by atoms with van der Waals surface area (Å²) in [4.78, 5) is 52.4. The lowest BCUT2D eigenvalue weighted by Crippen LogP contribution is -2.98. The molecule has 4 amide bonds. The number of carbonyl (C=O) groups excluding carboxylic acids is 4. The van der Waals surface area contributed by atoms with Crippen LogP contribution in [-0.4, -0.2) is 29.7 Å². The maximum Gasteiger partial charge on any atom is 0.291 e. The molecule has 0 aliphatic carbocycles. The second-order valence-corrected chi connectivity index (χ2v) is 8.14. The number of amides is 4. The number of hydrogen-bond donors (Lipinski definition) is 3. The SMILES string of the molecule is CC(=O)Nc1ccc(N2C(=O)[C@H]3[C@H](C)[NH2+][C@]4(C(=O)Nc5ccccc54)[C@@H]3C2=O)cc1. The first-order valence-electron chi connectivity index (χ1n) is 9.87. The van der Waals surface area contributed by atoms with Gasteiger partial charge in [0.05, 0.1) is 17.4 Å². The van der Waals surface area contributed by atoms with Crippen LogP contribution in [-0.2, 0) is 24.7 Å². The number of benzene rings is 2. The third kappa shape index (κ3) is 2.31. The number of carbonyl (C=O) groups is 4. The van der Waals surface area contributed by atoms with Gasteiger partial charge in [-0.15, -0.1) is 0 Å². The molecule has 8 nitrogen and oxygen atoms in total. The zero-order valence-electron chi connectivity index (χ0n) is 16.5. The fourth-order valence-corrected chi connectivity index (χ4v) is 5.25. The molecule has 0 saturated carbocycles. The van der Waals surface area contributed by atoms with E-state index >= 15 is 0 Å². The van der Waals surface area contributed by atoms with Crippen molar-refractivity contribution in [2.45, 2.75) is 25.4 Å². The number of nitrogens with zero attached hydrogens (tertiary/aromatic N) is 1. The van der Waals surface area contributed by atoms with Gasteiger partial charge in [-0.05, 0) is 37.3 Å². The Labute approximate surface area is 172 Å². The van der Waals surface area contributed by atoms with Crippen molar-refractivity contribution >= 4 is 40.7 Å². The summed E-state index contributed by atoms with van der Waals surface area (Å²) in [5.74, 6) is -2.50. The first-order chi connectivity index (χ1) is 14.3. The maximum atomic E-state index is 13.6. The Kier molecular flexibility index (Phi) is 3.85. The van der Waals surface area contributed by atoms with Crippen LogP contribution < -0.4 is 20.9 Å². The molecule has 3 aliphatic rings. The van der Waals surface area contributed by atoms with Crippen molar-refractivity contribution in [3.63, 3.8) is 0 Å².